The average molecular weight is 310 g/mol. The molecule has 1 aromatic carbocycles. The first-order valence-electron chi connectivity index (χ1n) is 7.05. The van der Waals surface area contributed by atoms with E-state index in [9.17, 15) is 19.1 Å². The van der Waals surface area contributed by atoms with Crippen LogP contribution in [0, 0.1) is 5.82 Å². The van der Waals surface area contributed by atoms with Crippen molar-refractivity contribution < 1.29 is 23.8 Å². The van der Waals surface area contributed by atoms with Crippen LogP contribution in [0.4, 0.5) is 10.1 Å². The Morgan fingerprint density at radius 3 is 2.86 bits per heavy atom. The van der Waals surface area contributed by atoms with Gasteiger partial charge in [-0.05, 0) is 12.1 Å². The largest absolute Gasteiger partial charge is 0.468 e. The van der Waals surface area contributed by atoms with E-state index in [-0.39, 0.29) is 24.6 Å². The fourth-order valence-corrected chi connectivity index (χ4v) is 2.53. The zero-order valence-electron chi connectivity index (χ0n) is 12.3. The van der Waals surface area contributed by atoms with Gasteiger partial charge in [-0.25, -0.2) is 4.39 Å². The zero-order chi connectivity index (χ0) is 16.1. The minimum Gasteiger partial charge on any atom is -0.468 e. The highest BCUT2D eigenvalue weighted by Crippen LogP contribution is 2.19. The van der Waals surface area contributed by atoms with Crippen LogP contribution in [0.5, 0.6) is 0 Å². The van der Waals surface area contributed by atoms with Crippen LogP contribution in [-0.2, 0) is 14.3 Å². The average Bonchev–Trinajstić information content (AvgIpc) is 2.88. The summed E-state index contributed by atoms with van der Waals surface area (Å²) in [4.78, 5) is 25.2. The lowest BCUT2D eigenvalue weighted by molar-refractivity contribution is -0.146. The number of hydrogen-bond acceptors (Lipinski definition) is 5. The van der Waals surface area contributed by atoms with Gasteiger partial charge in [0.15, 0.2) is 0 Å². The lowest BCUT2D eigenvalue weighted by atomic mass is 10.2. The monoisotopic (exact) mass is 310 g/mol. The van der Waals surface area contributed by atoms with E-state index in [1.165, 1.54) is 25.3 Å². The number of β-amino-alcohol motifs (C(OH)–C–C–N with tert-alkyl or cyclic N) is 1. The van der Waals surface area contributed by atoms with Crippen LogP contribution < -0.4 is 5.32 Å². The number of hydrogen-bond donors (Lipinski definition) is 2. The second kappa shape index (κ2) is 7.33. The topological polar surface area (TPSA) is 78.9 Å². The summed E-state index contributed by atoms with van der Waals surface area (Å²) in [6, 6.07) is 5.37. The number of benzene rings is 1. The number of likely N-dealkylation sites (tertiary alicyclic amines) is 1. The number of aliphatic hydroxyl groups is 1. The van der Waals surface area contributed by atoms with Gasteiger partial charge in [-0.1, -0.05) is 12.1 Å². The minimum absolute atomic E-state index is 0.0918. The summed E-state index contributed by atoms with van der Waals surface area (Å²) in [6.07, 6.45) is -0.227. The molecule has 2 atom stereocenters. The van der Waals surface area contributed by atoms with E-state index in [0.29, 0.717) is 13.0 Å². The van der Waals surface area contributed by atoms with Crippen LogP contribution in [0.15, 0.2) is 24.3 Å². The van der Waals surface area contributed by atoms with Gasteiger partial charge >= 0.3 is 5.97 Å². The predicted octanol–water partition coefficient (Wildman–Crippen LogP) is 0.762. The van der Waals surface area contributed by atoms with Gasteiger partial charge in [0.1, 0.15) is 11.9 Å². The van der Waals surface area contributed by atoms with Gasteiger partial charge in [-0.3, -0.25) is 14.5 Å². The number of methoxy groups -OCH3 is 1. The van der Waals surface area contributed by atoms with Gasteiger partial charge in [0.2, 0.25) is 5.91 Å². The first kappa shape index (κ1) is 16.4. The maximum atomic E-state index is 13.4. The van der Waals surface area contributed by atoms with E-state index in [4.69, 9.17) is 0 Å². The molecule has 0 unspecified atom stereocenters. The zero-order valence-corrected chi connectivity index (χ0v) is 12.3. The molecule has 1 heterocycles. The molecule has 1 aliphatic rings. The molecule has 1 saturated heterocycles. The molecule has 1 amide bonds. The Morgan fingerprint density at radius 1 is 1.45 bits per heavy atom. The SMILES string of the molecule is COC(=O)[C@H]1C[C@@H](O)CN1CCC(=O)Nc1ccccc1F. The van der Waals surface area contributed by atoms with Crippen molar-refractivity contribution in [2.24, 2.45) is 0 Å². The Bertz CT molecular complexity index is 552. The summed E-state index contributed by atoms with van der Waals surface area (Å²) in [7, 11) is 1.29. The van der Waals surface area contributed by atoms with E-state index in [1.807, 2.05) is 0 Å². The number of amides is 1. The minimum atomic E-state index is -0.612. The molecule has 2 N–H and O–H groups in total. The van der Waals surface area contributed by atoms with Gasteiger partial charge in [0.25, 0.3) is 0 Å². The molecule has 2 rings (SSSR count). The fraction of sp³-hybridized carbons (Fsp3) is 0.467. The molecule has 22 heavy (non-hydrogen) atoms. The summed E-state index contributed by atoms with van der Waals surface area (Å²) >= 11 is 0. The Labute approximate surface area is 127 Å². The van der Waals surface area contributed by atoms with Gasteiger partial charge in [0.05, 0.1) is 18.9 Å². The summed E-state index contributed by atoms with van der Waals surface area (Å²) in [5.41, 5.74) is 0.124. The third-order valence-corrected chi connectivity index (χ3v) is 3.63. The molecule has 0 bridgehead atoms. The van der Waals surface area contributed by atoms with Gasteiger partial charge in [-0.2, -0.15) is 0 Å². The molecule has 120 valence electrons. The Morgan fingerprint density at radius 2 is 2.18 bits per heavy atom. The number of nitrogens with zero attached hydrogens (tertiary/aromatic N) is 1. The molecule has 1 aliphatic heterocycles. The Kier molecular flexibility index (Phi) is 5.46. The third kappa shape index (κ3) is 4.02. The number of rotatable bonds is 5. The normalized spacial score (nSPS) is 21.6. The molecule has 0 aromatic heterocycles. The Balaban J connectivity index is 1.87. The first-order chi connectivity index (χ1) is 10.5. The number of para-hydroxylation sites is 1. The van der Waals surface area contributed by atoms with E-state index in [0.717, 1.165) is 0 Å². The number of aliphatic hydroxyl groups excluding tert-OH is 1. The molecule has 7 heteroatoms. The van der Waals surface area contributed by atoms with Crippen LogP contribution in [0.25, 0.3) is 0 Å². The van der Waals surface area contributed by atoms with Crippen LogP contribution in [0.3, 0.4) is 0 Å². The van der Waals surface area contributed by atoms with Crippen LogP contribution in [0.2, 0.25) is 0 Å². The van der Waals surface area contributed by atoms with Crippen molar-refractivity contribution in [2.45, 2.75) is 25.0 Å². The first-order valence-corrected chi connectivity index (χ1v) is 7.05. The second-order valence-corrected chi connectivity index (χ2v) is 5.20. The highest BCUT2D eigenvalue weighted by molar-refractivity contribution is 5.91. The van der Waals surface area contributed by atoms with Gasteiger partial charge in [0, 0.05) is 25.9 Å². The van der Waals surface area contributed by atoms with Crippen molar-refractivity contribution in [3.8, 4) is 0 Å². The molecule has 0 radical (unpaired) electrons. The van der Waals surface area contributed by atoms with Crippen molar-refractivity contribution in [3.05, 3.63) is 30.1 Å². The molecular formula is C15H19FN2O4. The highest BCUT2D eigenvalue weighted by Gasteiger charge is 2.36. The molecular weight excluding hydrogens is 291 g/mol. The molecule has 1 fully saturated rings. The molecule has 0 saturated carbocycles. The van der Waals surface area contributed by atoms with E-state index < -0.39 is 23.9 Å². The van der Waals surface area contributed by atoms with Crippen LogP contribution in [0.1, 0.15) is 12.8 Å². The molecule has 1 aromatic rings. The fourth-order valence-electron chi connectivity index (χ4n) is 2.53. The quantitative estimate of drug-likeness (QED) is 0.785. The number of nitrogens with one attached hydrogen (secondary N) is 1. The highest BCUT2D eigenvalue weighted by atomic mass is 19.1. The Hall–Kier alpha value is -1.99. The number of halogens is 1. The second-order valence-electron chi connectivity index (χ2n) is 5.20. The van der Waals surface area contributed by atoms with E-state index >= 15 is 0 Å². The standard InChI is InChI=1S/C15H19FN2O4/c1-22-15(21)13-8-10(19)9-18(13)7-6-14(20)17-12-5-3-2-4-11(12)16/h2-5,10,13,19H,6-9H2,1H3,(H,17,20)/t10-,13-/m1/s1. The summed E-state index contributed by atoms with van der Waals surface area (Å²) < 4.78 is 18.1. The van der Waals surface area contributed by atoms with Crippen molar-refractivity contribution in [2.75, 3.05) is 25.5 Å². The van der Waals surface area contributed by atoms with Crippen LogP contribution in [-0.4, -0.2) is 54.2 Å². The maximum Gasteiger partial charge on any atom is 0.323 e. The molecule has 0 spiro atoms. The third-order valence-electron chi connectivity index (χ3n) is 3.63. The summed E-state index contributed by atoms with van der Waals surface area (Å²) in [5.74, 6) is -1.28. The molecule has 0 aliphatic carbocycles. The number of ether oxygens (including phenoxy) is 1. The lowest BCUT2D eigenvalue weighted by Gasteiger charge is -2.21. The van der Waals surface area contributed by atoms with E-state index in [1.54, 1.807) is 11.0 Å². The lowest BCUT2D eigenvalue weighted by Crippen LogP contribution is -2.38. The number of carbonyl (C=O) groups is 2. The number of esters is 1. The predicted molar refractivity (Wildman–Crippen MR) is 77.6 cm³/mol. The van der Waals surface area contributed by atoms with E-state index in [2.05, 4.69) is 10.1 Å². The van der Waals surface area contributed by atoms with Crippen molar-refractivity contribution in [1.29, 1.82) is 0 Å². The smallest absolute Gasteiger partial charge is 0.323 e. The van der Waals surface area contributed by atoms with Gasteiger partial charge in [-0.15, -0.1) is 0 Å². The summed E-state index contributed by atoms with van der Waals surface area (Å²) in [5, 5.41) is 12.1. The van der Waals surface area contributed by atoms with Crippen molar-refractivity contribution in [1.82, 2.24) is 4.90 Å². The van der Waals surface area contributed by atoms with Gasteiger partial charge < -0.3 is 15.2 Å². The number of carbonyl (C=O) groups excluding carboxylic acids is 2. The van der Waals surface area contributed by atoms with Crippen molar-refractivity contribution in [3.63, 3.8) is 0 Å². The summed E-state index contributed by atoms with van der Waals surface area (Å²) in [6.45, 7) is 0.601. The maximum absolute atomic E-state index is 13.4. The molecule has 6 nitrogen and oxygen atoms in total. The van der Waals surface area contributed by atoms with Crippen molar-refractivity contribution >= 4 is 17.6 Å². The van der Waals surface area contributed by atoms with Crippen LogP contribution >= 0.6 is 0 Å². The number of anilines is 1.